The molecule has 6 heteroatoms. The minimum absolute atomic E-state index is 0.0904. The van der Waals surface area contributed by atoms with Crippen molar-refractivity contribution in [3.63, 3.8) is 0 Å². The lowest BCUT2D eigenvalue weighted by molar-refractivity contribution is -0.116. The lowest BCUT2D eigenvalue weighted by Gasteiger charge is -2.17. The van der Waals surface area contributed by atoms with E-state index in [9.17, 15) is 14.7 Å². The Kier molecular flexibility index (Phi) is 5.42. The molecule has 1 atom stereocenters. The third-order valence-electron chi connectivity index (χ3n) is 3.52. The van der Waals surface area contributed by atoms with Crippen LogP contribution in [0.3, 0.4) is 0 Å². The lowest BCUT2D eigenvalue weighted by atomic mass is 10.1. The van der Waals surface area contributed by atoms with Crippen molar-refractivity contribution in [3.8, 4) is 0 Å². The van der Waals surface area contributed by atoms with Crippen LogP contribution in [0.25, 0.3) is 0 Å². The molecule has 0 unspecified atom stereocenters. The number of carbonyl (C=O) groups excluding carboxylic acids is 2. The summed E-state index contributed by atoms with van der Waals surface area (Å²) < 4.78 is 0. The molecule has 1 heterocycles. The van der Waals surface area contributed by atoms with E-state index in [-0.39, 0.29) is 17.7 Å². The highest BCUT2D eigenvalue weighted by Gasteiger charge is 2.26. The first-order valence-electron chi connectivity index (χ1n) is 7.43. The summed E-state index contributed by atoms with van der Waals surface area (Å²) in [7, 11) is 0. The van der Waals surface area contributed by atoms with Gasteiger partial charge in [0.05, 0.1) is 16.7 Å². The molecule has 2 rings (SSSR count). The molecule has 120 valence electrons. The Hall–Kier alpha value is -1.59. The molecule has 0 spiro atoms. The number of anilines is 1. The normalized spacial score (nSPS) is 17.9. The first-order chi connectivity index (χ1) is 10.4. The number of rotatable bonds is 4. The predicted molar refractivity (Wildman–Crippen MR) is 86.1 cm³/mol. The van der Waals surface area contributed by atoms with Gasteiger partial charge in [0.15, 0.2) is 0 Å². The third-order valence-corrected chi connectivity index (χ3v) is 3.85. The number of likely N-dealkylation sites (tertiary alicyclic amines) is 1. The Morgan fingerprint density at radius 2 is 2.18 bits per heavy atom. The van der Waals surface area contributed by atoms with Crippen LogP contribution < -0.4 is 5.32 Å². The number of amides is 2. The van der Waals surface area contributed by atoms with Crippen LogP contribution in [0.15, 0.2) is 18.2 Å². The zero-order chi connectivity index (χ0) is 16.3. The number of nitrogens with one attached hydrogen (secondary N) is 1. The number of β-amino-alcohol motifs (C(OH)–C–C–N with tert-alkyl or cyclic N) is 1. The number of aliphatic hydroxyl groups is 1. The zero-order valence-electron chi connectivity index (χ0n) is 12.8. The maximum Gasteiger partial charge on any atom is 0.255 e. The summed E-state index contributed by atoms with van der Waals surface area (Å²) >= 11 is 6.10. The second-order valence-electron chi connectivity index (χ2n) is 6.03. The fraction of sp³-hybridized carbons (Fsp3) is 0.500. The molecule has 2 amide bonds. The quantitative estimate of drug-likeness (QED) is 0.894. The van der Waals surface area contributed by atoms with E-state index in [0.29, 0.717) is 42.2 Å². The van der Waals surface area contributed by atoms with Crippen molar-refractivity contribution in [2.24, 2.45) is 5.92 Å². The van der Waals surface area contributed by atoms with Gasteiger partial charge in [0, 0.05) is 25.2 Å². The van der Waals surface area contributed by atoms with Gasteiger partial charge in [-0.3, -0.25) is 9.59 Å². The summed E-state index contributed by atoms with van der Waals surface area (Å²) in [6, 6.07) is 4.87. The van der Waals surface area contributed by atoms with Crippen LogP contribution in [0.4, 0.5) is 5.69 Å². The van der Waals surface area contributed by atoms with Crippen molar-refractivity contribution in [2.75, 3.05) is 18.4 Å². The number of aliphatic hydroxyl groups excluding tert-OH is 1. The van der Waals surface area contributed by atoms with Crippen LogP contribution in [0, 0.1) is 5.92 Å². The van der Waals surface area contributed by atoms with Gasteiger partial charge in [-0.05, 0) is 30.5 Å². The molecule has 1 fully saturated rings. The molecule has 22 heavy (non-hydrogen) atoms. The van der Waals surface area contributed by atoms with E-state index in [0.717, 1.165) is 0 Å². The standard InChI is InChI=1S/C16H21ClN2O3/c1-10(2)7-15(21)18-11-3-4-14(17)13(8-11)16(22)19-6-5-12(20)9-19/h3-4,8,10,12,20H,5-7,9H2,1-2H3,(H,18,21)/t12-/m1/s1. The van der Waals surface area contributed by atoms with Crippen LogP contribution in [0.2, 0.25) is 5.02 Å². The molecular formula is C16H21ClN2O3. The van der Waals surface area contributed by atoms with Crippen LogP contribution in [0.5, 0.6) is 0 Å². The molecule has 0 aliphatic carbocycles. The molecule has 1 aromatic rings. The van der Waals surface area contributed by atoms with Crippen molar-refractivity contribution in [2.45, 2.75) is 32.8 Å². The molecule has 5 nitrogen and oxygen atoms in total. The zero-order valence-corrected chi connectivity index (χ0v) is 13.6. The average molecular weight is 325 g/mol. The fourth-order valence-corrected chi connectivity index (χ4v) is 2.64. The summed E-state index contributed by atoms with van der Waals surface area (Å²) in [6.45, 7) is 4.77. The predicted octanol–water partition coefficient (Wildman–Crippen LogP) is 2.53. The summed E-state index contributed by atoms with van der Waals surface area (Å²) in [4.78, 5) is 25.8. The number of hydrogen-bond donors (Lipinski definition) is 2. The molecule has 0 radical (unpaired) electrons. The smallest absolute Gasteiger partial charge is 0.255 e. The topological polar surface area (TPSA) is 69.6 Å². The molecule has 1 aromatic carbocycles. The molecule has 1 saturated heterocycles. The van der Waals surface area contributed by atoms with Crippen molar-refractivity contribution < 1.29 is 14.7 Å². The molecule has 2 N–H and O–H groups in total. The number of carbonyl (C=O) groups is 2. The van der Waals surface area contributed by atoms with E-state index >= 15 is 0 Å². The first kappa shape index (κ1) is 16.8. The second kappa shape index (κ2) is 7.11. The first-order valence-corrected chi connectivity index (χ1v) is 7.81. The highest BCUT2D eigenvalue weighted by Crippen LogP contribution is 2.24. The minimum atomic E-state index is -0.475. The maximum absolute atomic E-state index is 12.4. The molecular weight excluding hydrogens is 304 g/mol. The summed E-state index contributed by atoms with van der Waals surface area (Å²) in [6.07, 6.45) is 0.523. The average Bonchev–Trinajstić information content (AvgIpc) is 2.86. The van der Waals surface area contributed by atoms with Gasteiger partial charge in [-0.2, -0.15) is 0 Å². The Labute approximate surface area is 135 Å². The Balaban J connectivity index is 2.13. The number of halogens is 1. The van der Waals surface area contributed by atoms with Gasteiger partial charge in [0.2, 0.25) is 5.91 Å². The van der Waals surface area contributed by atoms with Gasteiger partial charge in [-0.25, -0.2) is 0 Å². The van der Waals surface area contributed by atoms with E-state index < -0.39 is 6.10 Å². The van der Waals surface area contributed by atoms with Gasteiger partial charge < -0.3 is 15.3 Å². The summed E-state index contributed by atoms with van der Waals surface area (Å²) in [5.74, 6) is -0.0479. The Bertz CT molecular complexity index is 575. The summed E-state index contributed by atoms with van der Waals surface area (Å²) in [5.41, 5.74) is 0.899. The van der Waals surface area contributed by atoms with Crippen molar-refractivity contribution in [1.29, 1.82) is 0 Å². The molecule has 1 aliphatic heterocycles. The fourth-order valence-electron chi connectivity index (χ4n) is 2.45. The van der Waals surface area contributed by atoms with Gasteiger partial charge >= 0.3 is 0 Å². The van der Waals surface area contributed by atoms with Gasteiger partial charge in [-0.1, -0.05) is 25.4 Å². The van der Waals surface area contributed by atoms with Gasteiger partial charge in [-0.15, -0.1) is 0 Å². The lowest BCUT2D eigenvalue weighted by Crippen LogP contribution is -2.29. The van der Waals surface area contributed by atoms with Crippen LogP contribution in [-0.2, 0) is 4.79 Å². The third kappa shape index (κ3) is 4.21. The van der Waals surface area contributed by atoms with Crippen LogP contribution >= 0.6 is 11.6 Å². The SMILES string of the molecule is CC(C)CC(=O)Nc1ccc(Cl)c(C(=O)N2CC[C@@H](O)C2)c1. The van der Waals surface area contributed by atoms with Gasteiger partial charge in [0.25, 0.3) is 5.91 Å². The van der Waals surface area contributed by atoms with E-state index in [2.05, 4.69) is 5.32 Å². The number of nitrogens with zero attached hydrogens (tertiary/aromatic N) is 1. The monoisotopic (exact) mass is 324 g/mol. The maximum atomic E-state index is 12.4. The largest absolute Gasteiger partial charge is 0.391 e. The summed E-state index contributed by atoms with van der Waals surface area (Å²) in [5, 5.41) is 12.7. The molecule has 0 bridgehead atoms. The Morgan fingerprint density at radius 3 is 2.77 bits per heavy atom. The highest BCUT2D eigenvalue weighted by atomic mass is 35.5. The Morgan fingerprint density at radius 1 is 1.45 bits per heavy atom. The van der Waals surface area contributed by atoms with Crippen LogP contribution in [0.1, 0.15) is 37.0 Å². The van der Waals surface area contributed by atoms with E-state index in [1.807, 2.05) is 13.8 Å². The number of benzene rings is 1. The molecule has 0 saturated carbocycles. The van der Waals surface area contributed by atoms with E-state index in [1.54, 1.807) is 23.1 Å². The van der Waals surface area contributed by atoms with E-state index in [1.165, 1.54) is 0 Å². The van der Waals surface area contributed by atoms with E-state index in [4.69, 9.17) is 11.6 Å². The highest BCUT2D eigenvalue weighted by molar-refractivity contribution is 6.34. The second-order valence-corrected chi connectivity index (χ2v) is 6.44. The van der Waals surface area contributed by atoms with Crippen LogP contribution in [-0.4, -0.2) is 41.0 Å². The molecule has 1 aliphatic rings. The minimum Gasteiger partial charge on any atom is -0.391 e. The van der Waals surface area contributed by atoms with Crippen molar-refractivity contribution in [3.05, 3.63) is 28.8 Å². The molecule has 0 aromatic heterocycles. The number of hydrogen-bond acceptors (Lipinski definition) is 3. The van der Waals surface area contributed by atoms with Crippen molar-refractivity contribution >= 4 is 29.1 Å². The van der Waals surface area contributed by atoms with Gasteiger partial charge in [0.1, 0.15) is 0 Å². The van der Waals surface area contributed by atoms with Crippen molar-refractivity contribution in [1.82, 2.24) is 4.90 Å².